The Labute approximate surface area is 193 Å². The van der Waals surface area contributed by atoms with Gasteiger partial charge in [-0.05, 0) is 40.1 Å². The number of amides is 1. The highest BCUT2D eigenvalue weighted by atomic mass is 16.1. The van der Waals surface area contributed by atoms with Crippen molar-refractivity contribution in [1.82, 2.24) is 14.9 Å². The number of hydrogen-bond acceptors (Lipinski definition) is 2. The fourth-order valence-electron chi connectivity index (χ4n) is 4.19. The summed E-state index contributed by atoms with van der Waals surface area (Å²) in [4.78, 5) is 17.1. The lowest BCUT2D eigenvalue weighted by molar-refractivity contribution is -0.116. The zero-order valence-corrected chi connectivity index (χ0v) is 18.3. The maximum Gasteiger partial charge on any atom is 0.244 e. The van der Waals surface area contributed by atoms with E-state index in [1.165, 1.54) is 16.3 Å². The maximum absolute atomic E-state index is 12.3. The lowest BCUT2D eigenvalue weighted by atomic mass is 10.0. The monoisotopic (exact) mass is 431 g/mol. The first-order chi connectivity index (χ1) is 16.3. The lowest BCUT2D eigenvalue weighted by Crippen LogP contribution is -2.24. The first kappa shape index (κ1) is 20.7. The summed E-state index contributed by atoms with van der Waals surface area (Å²) < 4.78 is 2.27. The highest BCUT2D eigenvalue weighted by Gasteiger charge is 2.12. The molecular formula is C29H25N3O. The number of nitrogens with zero attached hydrogens (tertiary/aromatic N) is 2. The van der Waals surface area contributed by atoms with Gasteiger partial charge in [-0.1, -0.05) is 84.9 Å². The van der Waals surface area contributed by atoms with Crippen LogP contribution in [-0.4, -0.2) is 22.0 Å². The predicted molar refractivity (Wildman–Crippen MR) is 135 cm³/mol. The van der Waals surface area contributed by atoms with Gasteiger partial charge in [0.05, 0.1) is 11.0 Å². The van der Waals surface area contributed by atoms with E-state index in [0.717, 1.165) is 29.0 Å². The summed E-state index contributed by atoms with van der Waals surface area (Å²) in [6.07, 6.45) is 4.06. The summed E-state index contributed by atoms with van der Waals surface area (Å²) in [5, 5.41) is 5.47. The lowest BCUT2D eigenvalue weighted by Gasteiger charge is -2.12. The molecule has 0 atom stereocenters. The topological polar surface area (TPSA) is 46.9 Å². The van der Waals surface area contributed by atoms with E-state index in [9.17, 15) is 4.79 Å². The molecule has 1 N–H and O–H groups in total. The number of rotatable bonds is 7. The molecule has 33 heavy (non-hydrogen) atoms. The second-order valence-corrected chi connectivity index (χ2v) is 8.03. The Kier molecular flexibility index (Phi) is 5.98. The highest BCUT2D eigenvalue weighted by Crippen LogP contribution is 2.23. The fraction of sp³-hybridized carbons (Fsp3) is 0.103. The number of carbonyl (C=O) groups is 1. The van der Waals surface area contributed by atoms with E-state index in [1.54, 1.807) is 6.08 Å². The van der Waals surface area contributed by atoms with E-state index in [0.29, 0.717) is 13.0 Å². The van der Waals surface area contributed by atoms with Crippen LogP contribution in [0.3, 0.4) is 0 Å². The van der Waals surface area contributed by atoms with Crippen molar-refractivity contribution in [1.29, 1.82) is 0 Å². The quantitative estimate of drug-likeness (QED) is 0.341. The number of imidazole rings is 1. The van der Waals surface area contributed by atoms with E-state index in [4.69, 9.17) is 4.98 Å². The zero-order valence-electron chi connectivity index (χ0n) is 18.3. The Bertz CT molecular complexity index is 1430. The van der Waals surface area contributed by atoms with Gasteiger partial charge < -0.3 is 9.88 Å². The normalized spacial score (nSPS) is 11.4. The summed E-state index contributed by atoms with van der Waals surface area (Å²) in [5.74, 6) is 0.868. The Morgan fingerprint density at radius 1 is 0.848 bits per heavy atom. The molecule has 1 amide bonds. The molecule has 0 spiro atoms. The molecule has 1 aromatic heterocycles. The molecule has 0 unspecified atom stereocenters. The maximum atomic E-state index is 12.3. The third-order valence-corrected chi connectivity index (χ3v) is 5.82. The van der Waals surface area contributed by atoms with E-state index in [-0.39, 0.29) is 5.91 Å². The molecule has 4 nitrogen and oxygen atoms in total. The van der Waals surface area contributed by atoms with Crippen LogP contribution in [0.2, 0.25) is 0 Å². The van der Waals surface area contributed by atoms with Crippen LogP contribution in [0.15, 0.2) is 103 Å². The molecule has 0 saturated heterocycles. The van der Waals surface area contributed by atoms with Gasteiger partial charge >= 0.3 is 0 Å². The standard InChI is InChI=1S/C29H25N3O/c33-29(18-17-22-9-2-1-3-10-22)30-20-19-28-31-26-15-6-7-16-27(26)32(28)21-24-13-8-12-23-11-4-5-14-25(23)24/h1-18H,19-21H2,(H,30,33)/b18-17+. The first-order valence-corrected chi connectivity index (χ1v) is 11.2. The summed E-state index contributed by atoms with van der Waals surface area (Å²) in [6.45, 7) is 1.26. The summed E-state index contributed by atoms with van der Waals surface area (Å²) >= 11 is 0. The van der Waals surface area contributed by atoms with Crippen LogP contribution in [0.1, 0.15) is 17.0 Å². The molecule has 0 aliphatic heterocycles. The zero-order chi connectivity index (χ0) is 22.5. The number of aromatic nitrogens is 2. The van der Waals surface area contributed by atoms with Gasteiger partial charge in [0.25, 0.3) is 0 Å². The molecular weight excluding hydrogens is 406 g/mol. The Morgan fingerprint density at radius 2 is 1.61 bits per heavy atom. The van der Waals surface area contributed by atoms with Gasteiger partial charge in [-0.2, -0.15) is 0 Å². The van der Waals surface area contributed by atoms with Crippen LogP contribution < -0.4 is 5.32 Å². The number of fused-ring (bicyclic) bond motifs is 2. The molecule has 5 rings (SSSR count). The number of hydrogen-bond donors (Lipinski definition) is 1. The molecule has 4 heteroatoms. The third kappa shape index (κ3) is 4.70. The minimum Gasteiger partial charge on any atom is -0.352 e. The summed E-state index contributed by atoms with van der Waals surface area (Å²) in [7, 11) is 0. The molecule has 162 valence electrons. The van der Waals surface area contributed by atoms with E-state index in [2.05, 4.69) is 58.4 Å². The third-order valence-electron chi connectivity index (χ3n) is 5.82. The van der Waals surface area contributed by atoms with E-state index in [1.807, 2.05) is 54.6 Å². The van der Waals surface area contributed by atoms with E-state index < -0.39 is 0 Å². The van der Waals surface area contributed by atoms with Crippen LogP contribution >= 0.6 is 0 Å². The van der Waals surface area contributed by atoms with Crippen LogP contribution in [0.5, 0.6) is 0 Å². The molecule has 0 saturated carbocycles. The molecule has 0 fully saturated rings. The number of benzene rings is 4. The molecule has 5 aromatic rings. The summed E-state index contributed by atoms with van der Waals surface area (Å²) in [5.41, 5.74) is 4.34. The van der Waals surface area contributed by atoms with Crippen molar-refractivity contribution in [3.8, 4) is 0 Å². The molecule has 0 aliphatic rings. The van der Waals surface area contributed by atoms with Gasteiger partial charge in [0, 0.05) is 25.6 Å². The average molecular weight is 432 g/mol. The van der Waals surface area contributed by atoms with Crippen molar-refractivity contribution in [2.24, 2.45) is 0 Å². The second-order valence-electron chi connectivity index (χ2n) is 8.03. The van der Waals surface area contributed by atoms with Crippen molar-refractivity contribution in [3.63, 3.8) is 0 Å². The summed E-state index contributed by atoms with van der Waals surface area (Å²) in [6, 6.07) is 32.9. The van der Waals surface area contributed by atoms with Gasteiger partial charge in [-0.15, -0.1) is 0 Å². The van der Waals surface area contributed by atoms with Gasteiger partial charge in [-0.3, -0.25) is 4.79 Å². The smallest absolute Gasteiger partial charge is 0.244 e. The largest absolute Gasteiger partial charge is 0.352 e. The molecule has 0 radical (unpaired) electrons. The van der Waals surface area contributed by atoms with Gasteiger partial charge in [0.2, 0.25) is 5.91 Å². The average Bonchev–Trinajstić information content (AvgIpc) is 3.21. The SMILES string of the molecule is O=C(/C=C/c1ccccc1)NCCc1nc2ccccc2n1Cc1cccc2ccccc12. The molecule has 0 aliphatic carbocycles. The van der Waals surface area contributed by atoms with Crippen molar-refractivity contribution in [2.45, 2.75) is 13.0 Å². The molecule has 1 heterocycles. The van der Waals surface area contributed by atoms with Crippen molar-refractivity contribution in [3.05, 3.63) is 120 Å². The first-order valence-electron chi connectivity index (χ1n) is 11.2. The van der Waals surface area contributed by atoms with Gasteiger partial charge in [0.1, 0.15) is 5.82 Å². The van der Waals surface area contributed by atoms with Crippen LogP contribution in [0.25, 0.3) is 27.9 Å². The minimum absolute atomic E-state index is 0.101. The Morgan fingerprint density at radius 3 is 2.52 bits per heavy atom. The van der Waals surface area contributed by atoms with E-state index >= 15 is 0 Å². The van der Waals surface area contributed by atoms with Gasteiger partial charge in [-0.25, -0.2) is 4.98 Å². The second kappa shape index (κ2) is 9.53. The number of carbonyl (C=O) groups excluding carboxylic acids is 1. The van der Waals surface area contributed by atoms with Crippen molar-refractivity contribution >= 4 is 33.8 Å². The molecule has 0 bridgehead atoms. The molecule has 4 aromatic carbocycles. The Balaban J connectivity index is 1.35. The van der Waals surface area contributed by atoms with Crippen molar-refractivity contribution < 1.29 is 4.79 Å². The van der Waals surface area contributed by atoms with Crippen LogP contribution in [0, 0.1) is 0 Å². The number of para-hydroxylation sites is 2. The van der Waals surface area contributed by atoms with Gasteiger partial charge in [0.15, 0.2) is 0 Å². The predicted octanol–water partition coefficient (Wildman–Crippen LogP) is 5.61. The highest BCUT2D eigenvalue weighted by molar-refractivity contribution is 5.91. The number of nitrogens with one attached hydrogen (secondary N) is 1. The fourth-order valence-corrected chi connectivity index (χ4v) is 4.19. The minimum atomic E-state index is -0.101. The van der Waals surface area contributed by atoms with Crippen LogP contribution in [0.4, 0.5) is 0 Å². The van der Waals surface area contributed by atoms with Crippen molar-refractivity contribution in [2.75, 3.05) is 6.54 Å². The van der Waals surface area contributed by atoms with Crippen LogP contribution in [-0.2, 0) is 17.8 Å². The Hall–Kier alpha value is -4.18.